The molecule has 0 fully saturated rings. The van der Waals surface area contributed by atoms with Crippen LogP contribution >= 0.6 is 0 Å². The van der Waals surface area contributed by atoms with Gasteiger partial charge in [-0.3, -0.25) is 4.79 Å². The number of para-hydroxylation sites is 1. The SMILES string of the molecule is CCc1cccc(CC)c1NC(=O)c1ccccc1-c1ncc(-c2cccc(OC)c2)o1. The lowest BCUT2D eigenvalue weighted by Gasteiger charge is -2.15. The highest BCUT2D eigenvalue weighted by Crippen LogP contribution is 2.31. The first-order chi connectivity index (χ1) is 15.6. The van der Waals surface area contributed by atoms with Gasteiger partial charge < -0.3 is 14.5 Å². The predicted octanol–water partition coefficient (Wildman–Crippen LogP) is 6.39. The lowest BCUT2D eigenvalue weighted by Crippen LogP contribution is -2.16. The zero-order chi connectivity index (χ0) is 22.5. The van der Waals surface area contributed by atoms with E-state index in [1.807, 2.05) is 48.5 Å². The molecule has 0 saturated carbocycles. The third-order valence-electron chi connectivity index (χ3n) is 5.50. The standard InChI is InChI=1S/C27H26N2O3/c1-4-18-10-8-11-19(5-2)25(18)29-26(30)22-14-6-7-15-23(22)27-28-17-24(32-27)20-12-9-13-21(16-20)31-3/h6-17H,4-5H2,1-3H3,(H,29,30). The summed E-state index contributed by atoms with van der Waals surface area (Å²) >= 11 is 0. The number of aryl methyl sites for hydroxylation is 2. The summed E-state index contributed by atoms with van der Waals surface area (Å²) in [6, 6.07) is 21.1. The normalized spacial score (nSPS) is 10.7. The summed E-state index contributed by atoms with van der Waals surface area (Å²) in [6.45, 7) is 4.18. The minimum absolute atomic E-state index is 0.183. The van der Waals surface area contributed by atoms with E-state index in [2.05, 4.69) is 36.3 Å². The fraction of sp³-hybridized carbons (Fsp3) is 0.185. The molecule has 0 saturated heterocycles. The topological polar surface area (TPSA) is 64.4 Å². The molecule has 0 bridgehead atoms. The van der Waals surface area contributed by atoms with Gasteiger partial charge in [0, 0.05) is 16.8 Å². The Bertz CT molecular complexity index is 1220. The Morgan fingerprint density at radius 2 is 1.69 bits per heavy atom. The average molecular weight is 427 g/mol. The first-order valence-corrected chi connectivity index (χ1v) is 10.8. The van der Waals surface area contributed by atoms with E-state index in [0.717, 1.165) is 41.0 Å². The quantitative estimate of drug-likeness (QED) is 0.372. The van der Waals surface area contributed by atoms with Crippen LogP contribution in [0.4, 0.5) is 5.69 Å². The molecule has 0 atom stereocenters. The average Bonchev–Trinajstić information content (AvgIpc) is 3.34. The summed E-state index contributed by atoms with van der Waals surface area (Å²) in [7, 11) is 1.63. The number of anilines is 1. The second-order valence-corrected chi connectivity index (χ2v) is 7.42. The third kappa shape index (κ3) is 4.28. The van der Waals surface area contributed by atoms with Crippen LogP contribution in [-0.2, 0) is 12.8 Å². The molecule has 0 spiro atoms. The second-order valence-electron chi connectivity index (χ2n) is 7.42. The van der Waals surface area contributed by atoms with Gasteiger partial charge in [0.2, 0.25) is 5.89 Å². The smallest absolute Gasteiger partial charge is 0.256 e. The van der Waals surface area contributed by atoms with Gasteiger partial charge in [-0.15, -0.1) is 0 Å². The molecule has 0 aliphatic rings. The van der Waals surface area contributed by atoms with Gasteiger partial charge in [0.05, 0.1) is 18.9 Å². The van der Waals surface area contributed by atoms with E-state index < -0.39 is 0 Å². The largest absolute Gasteiger partial charge is 0.497 e. The second kappa shape index (κ2) is 9.52. The maximum Gasteiger partial charge on any atom is 0.256 e. The molecule has 3 aromatic carbocycles. The highest BCUT2D eigenvalue weighted by molar-refractivity contribution is 6.08. The molecule has 1 heterocycles. The van der Waals surface area contributed by atoms with Crippen molar-refractivity contribution >= 4 is 11.6 Å². The molecule has 4 aromatic rings. The number of nitrogens with zero attached hydrogens (tertiary/aromatic N) is 1. The number of hydrogen-bond acceptors (Lipinski definition) is 4. The molecule has 0 radical (unpaired) electrons. The van der Waals surface area contributed by atoms with Crippen molar-refractivity contribution in [1.29, 1.82) is 0 Å². The van der Waals surface area contributed by atoms with Crippen LogP contribution < -0.4 is 10.1 Å². The summed E-state index contributed by atoms with van der Waals surface area (Å²) in [6.07, 6.45) is 3.35. The lowest BCUT2D eigenvalue weighted by molar-refractivity contribution is 0.102. The Morgan fingerprint density at radius 3 is 2.41 bits per heavy atom. The Hall–Kier alpha value is -3.86. The van der Waals surface area contributed by atoms with Crippen molar-refractivity contribution < 1.29 is 13.9 Å². The molecule has 0 aliphatic carbocycles. The van der Waals surface area contributed by atoms with Crippen molar-refractivity contribution in [3.63, 3.8) is 0 Å². The number of oxazole rings is 1. The zero-order valence-electron chi connectivity index (χ0n) is 18.5. The van der Waals surface area contributed by atoms with Crippen LogP contribution in [0, 0.1) is 0 Å². The van der Waals surface area contributed by atoms with Crippen molar-refractivity contribution in [3.05, 3.63) is 89.6 Å². The molecule has 0 aliphatic heterocycles. The van der Waals surface area contributed by atoms with E-state index in [-0.39, 0.29) is 5.91 Å². The van der Waals surface area contributed by atoms with Crippen LogP contribution in [0.5, 0.6) is 5.75 Å². The molecular formula is C27H26N2O3. The molecule has 0 unspecified atom stereocenters. The van der Waals surface area contributed by atoms with Gasteiger partial charge in [0.1, 0.15) is 5.75 Å². The lowest BCUT2D eigenvalue weighted by atomic mass is 10.0. The van der Waals surface area contributed by atoms with Crippen LogP contribution in [0.2, 0.25) is 0 Å². The summed E-state index contributed by atoms with van der Waals surface area (Å²) in [4.78, 5) is 17.8. The molecule has 1 aromatic heterocycles. The third-order valence-corrected chi connectivity index (χ3v) is 5.50. The van der Waals surface area contributed by atoms with Gasteiger partial charge in [-0.1, -0.05) is 56.3 Å². The Kier molecular flexibility index (Phi) is 6.36. The van der Waals surface area contributed by atoms with E-state index in [0.29, 0.717) is 22.8 Å². The maximum atomic E-state index is 13.3. The number of benzene rings is 3. The van der Waals surface area contributed by atoms with Gasteiger partial charge in [-0.2, -0.15) is 0 Å². The number of rotatable bonds is 7. The highest BCUT2D eigenvalue weighted by Gasteiger charge is 2.19. The van der Waals surface area contributed by atoms with E-state index in [9.17, 15) is 4.79 Å². The van der Waals surface area contributed by atoms with E-state index >= 15 is 0 Å². The molecule has 1 amide bonds. The Balaban J connectivity index is 1.67. The van der Waals surface area contributed by atoms with Gasteiger partial charge >= 0.3 is 0 Å². The summed E-state index contributed by atoms with van der Waals surface area (Å²) < 4.78 is 11.3. The van der Waals surface area contributed by atoms with E-state index in [1.165, 1.54) is 0 Å². The molecular weight excluding hydrogens is 400 g/mol. The molecule has 5 heteroatoms. The van der Waals surface area contributed by atoms with Crippen LogP contribution in [-0.4, -0.2) is 18.0 Å². The first kappa shape index (κ1) is 21.4. The van der Waals surface area contributed by atoms with Crippen LogP contribution in [0.15, 0.2) is 77.3 Å². The predicted molar refractivity (Wildman–Crippen MR) is 127 cm³/mol. The minimum Gasteiger partial charge on any atom is -0.497 e. The minimum atomic E-state index is -0.183. The van der Waals surface area contributed by atoms with Crippen molar-refractivity contribution in [3.8, 4) is 28.5 Å². The van der Waals surface area contributed by atoms with Crippen LogP contribution in [0.3, 0.4) is 0 Å². The van der Waals surface area contributed by atoms with Gasteiger partial charge in [-0.25, -0.2) is 4.98 Å². The number of hydrogen-bond donors (Lipinski definition) is 1. The molecule has 1 N–H and O–H groups in total. The molecule has 4 rings (SSSR count). The van der Waals surface area contributed by atoms with Crippen molar-refractivity contribution in [2.24, 2.45) is 0 Å². The number of aromatic nitrogens is 1. The fourth-order valence-electron chi connectivity index (χ4n) is 3.76. The zero-order valence-corrected chi connectivity index (χ0v) is 18.5. The van der Waals surface area contributed by atoms with Gasteiger partial charge in [-0.05, 0) is 48.2 Å². The summed E-state index contributed by atoms with van der Waals surface area (Å²) in [5, 5.41) is 3.14. The van der Waals surface area contributed by atoms with Gasteiger partial charge in [0.25, 0.3) is 5.91 Å². The van der Waals surface area contributed by atoms with Crippen molar-refractivity contribution in [2.75, 3.05) is 12.4 Å². The van der Waals surface area contributed by atoms with Crippen molar-refractivity contribution in [1.82, 2.24) is 4.98 Å². The van der Waals surface area contributed by atoms with Crippen LogP contribution in [0.25, 0.3) is 22.8 Å². The number of nitrogens with one attached hydrogen (secondary N) is 1. The number of ether oxygens (including phenoxy) is 1. The number of carbonyl (C=O) groups is 1. The van der Waals surface area contributed by atoms with Gasteiger partial charge in [0.15, 0.2) is 5.76 Å². The number of amides is 1. The first-order valence-electron chi connectivity index (χ1n) is 10.8. The molecule has 5 nitrogen and oxygen atoms in total. The van der Waals surface area contributed by atoms with Crippen LogP contribution in [0.1, 0.15) is 35.3 Å². The highest BCUT2D eigenvalue weighted by atomic mass is 16.5. The van der Waals surface area contributed by atoms with E-state index in [4.69, 9.17) is 9.15 Å². The Labute approximate surface area is 188 Å². The fourth-order valence-corrected chi connectivity index (χ4v) is 3.76. The maximum absolute atomic E-state index is 13.3. The van der Waals surface area contributed by atoms with Crippen molar-refractivity contribution in [2.45, 2.75) is 26.7 Å². The molecule has 162 valence electrons. The monoisotopic (exact) mass is 426 g/mol. The molecule has 32 heavy (non-hydrogen) atoms. The number of carbonyl (C=O) groups excluding carboxylic acids is 1. The summed E-state index contributed by atoms with van der Waals surface area (Å²) in [5.74, 6) is 1.56. The van der Waals surface area contributed by atoms with E-state index in [1.54, 1.807) is 19.4 Å². The number of methoxy groups -OCH3 is 1. The summed E-state index contributed by atoms with van der Waals surface area (Å²) in [5.41, 5.74) is 5.14. The Morgan fingerprint density at radius 1 is 0.969 bits per heavy atom.